The lowest BCUT2D eigenvalue weighted by Crippen LogP contribution is -2.24. The second kappa shape index (κ2) is 12.3. The summed E-state index contributed by atoms with van der Waals surface area (Å²) in [4.78, 5) is 0. The van der Waals surface area contributed by atoms with Crippen molar-refractivity contribution in [3.05, 3.63) is 0 Å². The molecule has 3 heteroatoms. The number of rotatable bonds is 12. The van der Waals surface area contributed by atoms with Crippen LogP contribution in [0.3, 0.4) is 0 Å². The van der Waals surface area contributed by atoms with E-state index in [0.717, 1.165) is 64.2 Å². The van der Waals surface area contributed by atoms with E-state index in [1.165, 1.54) is 0 Å². The van der Waals surface area contributed by atoms with Gasteiger partial charge in [-0.3, -0.25) is 0 Å². The molecule has 104 valence electrons. The Morgan fingerprint density at radius 1 is 0.706 bits per heavy atom. The van der Waals surface area contributed by atoms with Crippen molar-refractivity contribution in [2.24, 2.45) is 11.8 Å². The normalized spacial score (nSPS) is 11.6. The Morgan fingerprint density at radius 3 is 1.47 bits per heavy atom. The highest BCUT2D eigenvalue weighted by atomic mass is 16.5. The quantitative estimate of drug-likeness (QED) is 0.536. The lowest BCUT2D eigenvalue weighted by atomic mass is 10.1. The number of ether oxygens (including phenoxy) is 2. The van der Waals surface area contributed by atoms with Gasteiger partial charge in [-0.1, -0.05) is 27.7 Å². The molecule has 0 bridgehead atoms. The molecule has 0 heterocycles. The molecule has 0 aliphatic carbocycles. The summed E-state index contributed by atoms with van der Waals surface area (Å²) in [7, 11) is 0. The predicted molar refractivity (Wildman–Crippen MR) is 73.4 cm³/mol. The zero-order chi connectivity index (χ0) is 12.9. The molecule has 0 spiro atoms. The number of nitrogens with one attached hydrogen (secondary N) is 1. The molecule has 0 amide bonds. The van der Waals surface area contributed by atoms with Crippen molar-refractivity contribution in [1.82, 2.24) is 5.32 Å². The molecular formula is C14H31NO2. The lowest BCUT2D eigenvalue weighted by molar-refractivity contribution is 0.111. The topological polar surface area (TPSA) is 30.5 Å². The Morgan fingerprint density at radius 2 is 1.12 bits per heavy atom. The highest BCUT2D eigenvalue weighted by molar-refractivity contribution is 4.48. The highest BCUT2D eigenvalue weighted by Crippen LogP contribution is 1.98. The summed E-state index contributed by atoms with van der Waals surface area (Å²) in [5, 5.41) is 3.31. The first-order valence-corrected chi connectivity index (χ1v) is 6.99. The standard InChI is InChI=1S/C14H31NO2/c1-13(2)5-9-16-11-7-15-8-12-17-10-6-14(3)4/h13-15H,5-12H2,1-4H3. The van der Waals surface area contributed by atoms with Gasteiger partial charge in [-0.05, 0) is 24.7 Å². The average Bonchev–Trinajstić information content (AvgIpc) is 2.25. The molecule has 0 atom stereocenters. The monoisotopic (exact) mass is 245 g/mol. The first kappa shape index (κ1) is 16.9. The van der Waals surface area contributed by atoms with Gasteiger partial charge in [0.25, 0.3) is 0 Å². The summed E-state index contributed by atoms with van der Waals surface area (Å²) >= 11 is 0. The molecular weight excluding hydrogens is 214 g/mol. The fourth-order valence-corrected chi connectivity index (χ4v) is 1.26. The van der Waals surface area contributed by atoms with Gasteiger partial charge in [0.2, 0.25) is 0 Å². The Bertz CT molecular complexity index is 133. The van der Waals surface area contributed by atoms with Crippen LogP contribution in [-0.2, 0) is 9.47 Å². The fraction of sp³-hybridized carbons (Fsp3) is 1.00. The van der Waals surface area contributed by atoms with Crippen LogP contribution in [0.25, 0.3) is 0 Å². The molecule has 0 aliphatic heterocycles. The maximum atomic E-state index is 5.50. The first-order valence-electron chi connectivity index (χ1n) is 6.99. The van der Waals surface area contributed by atoms with Gasteiger partial charge in [0.05, 0.1) is 13.2 Å². The molecule has 0 aliphatic rings. The Hall–Kier alpha value is -0.120. The smallest absolute Gasteiger partial charge is 0.0590 e. The summed E-state index contributed by atoms with van der Waals surface area (Å²) in [5.74, 6) is 1.47. The maximum Gasteiger partial charge on any atom is 0.0590 e. The fourth-order valence-electron chi connectivity index (χ4n) is 1.26. The third-order valence-corrected chi connectivity index (χ3v) is 2.53. The van der Waals surface area contributed by atoms with Crippen LogP contribution in [0, 0.1) is 11.8 Å². The third-order valence-electron chi connectivity index (χ3n) is 2.53. The van der Waals surface area contributed by atoms with Crippen molar-refractivity contribution >= 4 is 0 Å². The van der Waals surface area contributed by atoms with Gasteiger partial charge in [-0.15, -0.1) is 0 Å². The van der Waals surface area contributed by atoms with Crippen LogP contribution >= 0.6 is 0 Å². The van der Waals surface area contributed by atoms with Gasteiger partial charge in [-0.25, -0.2) is 0 Å². The van der Waals surface area contributed by atoms with E-state index < -0.39 is 0 Å². The molecule has 0 radical (unpaired) electrons. The molecule has 0 aromatic carbocycles. The number of hydrogen-bond acceptors (Lipinski definition) is 3. The van der Waals surface area contributed by atoms with Crippen molar-refractivity contribution in [3.8, 4) is 0 Å². The van der Waals surface area contributed by atoms with Crippen LogP contribution in [0.15, 0.2) is 0 Å². The van der Waals surface area contributed by atoms with Crippen molar-refractivity contribution in [3.63, 3.8) is 0 Å². The van der Waals surface area contributed by atoms with Gasteiger partial charge in [0.1, 0.15) is 0 Å². The van der Waals surface area contributed by atoms with Crippen LogP contribution in [0.1, 0.15) is 40.5 Å². The first-order chi connectivity index (χ1) is 8.13. The molecule has 0 rings (SSSR count). The van der Waals surface area contributed by atoms with Gasteiger partial charge in [0.15, 0.2) is 0 Å². The van der Waals surface area contributed by atoms with Crippen LogP contribution in [-0.4, -0.2) is 39.5 Å². The van der Waals surface area contributed by atoms with Gasteiger partial charge >= 0.3 is 0 Å². The summed E-state index contributed by atoms with van der Waals surface area (Å²) in [5.41, 5.74) is 0. The Labute approximate surface area is 107 Å². The largest absolute Gasteiger partial charge is 0.380 e. The van der Waals surface area contributed by atoms with Gasteiger partial charge in [-0.2, -0.15) is 0 Å². The Balaban J connectivity index is 2.94. The summed E-state index contributed by atoms with van der Waals surface area (Å²) < 4.78 is 11.0. The van der Waals surface area contributed by atoms with E-state index in [-0.39, 0.29) is 0 Å². The van der Waals surface area contributed by atoms with E-state index in [9.17, 15) is 0 Å². The van der Waals surface area contributed by atoms with E-state index in [0.29, 0.717) is 0 Å². The van der Waals surface area contributed by atoms with E-state index in [1.54, 1.807) is 0 Å². The van der Waals surface area contributed by atoms with Crippen LogP contribution in [0.4, 0.5) is 0 Å². The van der Waals surface area contributed by atoms with Crippen molar-refractivity contribution in [1.29, 1.82) is 0 Å². The second-order valence-corrected chi connectivity index (χ2v) is 5.34. The molecule has 0 saturated carbocycles. The third kappa shape index (κ3) is 15.9. The SMILES string of the molecule is CC(C)CCOCCNCCOCCC(C)C. The minimum absolute atomic E-state index is 0.734. The van der Waals surface area contributed by atoms with Gasteiger partial charge < -0.3 is 14.8 Å². The zero-order valence-electron chi connectivity index (χ0n) is 12.1. The lowest BCUT2D eigenvalue weighted by Gasteiger charge is -2.08. The van der Waals surface area contributed by atoms with Crippen LogP contribution in [0.5, 0.6) is 0 Å². The number of hydrogen-bond donors (Lipinski definition) is 1. The highest BCUT2D eigenvalue weighted by Gasteiger charge is 1.95. The van der Waals surface area contributed by atoms with E-state index in [4.69, 9.17) is 9.47 Å². The minimum Gasteiger partial charge on any atom is -0.380 e. The van der Waals surface area contributed by atoms with Gasteiger partial charge in [0, 0.05) is 26.3 Å². The molecule has 0 saturated heterocycles. The van der Waals surface area contributed by atoms with Crippen molar-refractivity contribution in [2.75, 3.05) is 39.5 Å². The average molecular weight is 245 g/mol. The predicted octanol–water partition coefficient (Wildman–Crippen LogP) is 2.70. The zero-order valence-corrected chi connectivity index (χ0v) is 12.1. The molecule has 0 fully saturated rings. The summed E-state index contributed by atoms with van der Waals surface area (Å²) in [6.45, 7) is 14.1. The van der Waals surface area contributed by atoms with E-state index >= 15 is 0 Å². The molecule has 0 unspecified atom stereocenters. The maximum absolute atomic E-state index is 5.50. The molecule has 0 aromatic heterocycles. The van der Waals surface area contributed by atoms with Crippen LogP contribution < -0.4 is 5.32 Å². The molecule has 0 aromatic rings. The summed E-state index contributed by atoms with van der Waals surface area (Å²) in [6.07, 6.45) is 2.30. The van der Waals surface area contributed by atoms with E-state index in [1.807, 2.05) is 0 Å². The molecule has 17 heavy (non-hydrogen) atoms. The van der Waals surface area contributed by atoms with Crippen molar-refractivity contribution < 1.29 is 9.47 Å². The molecule has 1 N–H and O–H groups in total. The van der Waals surface area contributed by atoms with E-state index in [2.05, 4.69) is 33.0 Å². The second-order valence-electron chi connectivity index (χ2n) is 5.34. The molecule has 3 nitrogen and oxygen atoms in total. The summed E-state index contributed by atoms with van der Waals surface area (Å²) in [6, 6.07) is 0. The van der Waals surface area contributed by atoms with Crippen molar-refractivity contribution in [2.45, 2.75) is 40.5 Å². The minimum atomic E-state index is 0.734. The van der Waals surface area contributed by atoms with Crippen LogP contribution in [0.2, 0.25) is 0 Å². The Kier molecular flexibility index (Phi) is 12.3.